The predicted octanol–water partition coefficient (Wildman–Crippen LogP) is 5.76. The molecule has 0 aliphatic heterocycles. The third-order valence-corrected chi connectivity index (χ3v) is 4.94. The van der Waals surface area contributed by atoms with E-state index in [2.05, 4.69) is 15.2 Å². The van der Waals surface area contributed by atoms with Gasteiger partial charge in [0.2, 0.25) is 11.8 Å². The minimum Gasteiger partial charge on any atom is -0.420 e. The van der Waals surface area contributed by atoms with Gasteiger partial charge in [-0.1, -0.05) is 35.3 Å². The number of benzene rings is 2. The van der Waals surface area contributed by atoms with Gasteiger partial charge in [-0.3, -0.25) is 0 Å². The number of nitrogens with zero attached hydrogens (tertiary/aromatic N) is 3. The molecule has 0 aliphatic carbocycles. The molecule has 124 valence electrons. The van der Waals surface area contributed by atoms with Gasteiger partial charge in [0.05, 0.1) is 12.1 Å². The van der Waals surface area contributed by atoms with Crippen molar-refractivity contribution in [1.82, 2.24) is 15.2 Å². The monoisotopic (exact) mass is 387 g/mol. The topological polar surface area (TPSA) is 51.8 Å². The van der Waals surface area contributed by atoms with Crippen LogP contribution in [0.25, 0.3) is 22.0 Å². The largest absolute Gasteiger partial charge is 0.420 e. The minimum atomic E-state index is 0.469. The van der Waals surface area contributed by atoms with Crippen LogP contribution in [0.4, 0.5) is 0 Å². The van der Waals surface area contributed by atoms with E-state index in [-0.39, 0.29) is 0 Å². The van der Waals surface area contributed by atoms with Gasteiger partial charge in [-0.15, -0.1) is 21.5 Å². The lowest BCUT2D eigenvalue weighted by molar-refractivity contribution is 0.516. The van der Waals surface area contributed by atoms with Gasteiger partial charge in [-0.2, -0.15) is 0 Å². The van der Waals surface area contributed by atoms with E-state index in [4.69, 9.17) is 27.6 Å². The summed E-state index contributed by atoms with van der Waals surface area (Å²) in [6.45, 7) is 0. The molecule has 2 aromatic carbocycles. The Morgan fingerprint density at radius 1 is 0.920 bits per heavy atom. The summed E-state index contributed by atoms with van der Waals surface area (Å²) in [4.78, 5) is 4.63. The zero-order valence-corrected chi connectivity index (χ0v) is 15.1. The Labute approximate surface area is 158 Å². The number of halogens is 2. The van der Waals surface area contributed by atoms with Crippen LogP contribution >= 0.6 is 34.5 Å². The highest BCUT2D eigenvalue weighted by Crippen LogP contribution is 2.27. The van der Waals surface area contributed by atoms with Gasteiger partial charge in [0, 0.05) is 26.6 Å². The molecule has 0 radical (unpaired) electrons. The average Bonchev–Trinajstić information content (AvgIpc) is 3.26. The maximum absolute atomic E-state index is 6.04. The number of thiazole rings is 1. The molecule has 2 heterocycles. The standard InChI is InChI=1S/C18H11Cl2N3OS/c19-13-6-4-11(5-7-13)17-23-22-16(24-17)9-15-10-25-18(21-15)12-2-1-3-14(20)8-12/h1-8,10H,9H2. The fourth-order valence-electron chi connectivity index (χ4n) is 2.33. The molecule has 0 spiro atoms. The van der Waals surface area contributed by atoms with Crippen molar-refractivity contribution in [2.24, 2.45) is 0 Å². The van der Waals surface area contributed by atoms with Crippen LogP contribution in [-0.2, 0) is 6.42 Å². The molecule has 4 aromatic rings. The number of hydrogen-bond acceptors (Lipinski definition) is 5. The second-order valence-electron chi connectivity index (χ2n) is 5.34. The van der Waals surface area contributed by atoms with Crippen LogP contribution in [0, 0.1) is 0 Å². The molecule has 0 atom stereocenters. The highest BCUT2D eigenvalue weighted by atomic mass is 35.5. The Morgan fingerprint density at radius 3 is 2.56 bits per heavy atom. The minimum absolute atomic E-state index is 0.469. The molecule has 0 amide bonds. The molecule has 2 aromatic heterocycles. The van der Waals surface area contributed by atoms with Gasteiger partial charge in [0.1, 0.15) is 5.01 Å². The first-order valence-electron chi connectivity index (χ1n) is 7.46. The predicted molar refractivity (Wildman–Crippen MR) is 100 cm³/mol. The summed E-state index contributed by atoms with van der Waals surface area (Å²) >= 11 is 13.5. The number of aromatic nitrogens is 3. The van der Waals surface area contributed by atoms with Crippen LogP contribution < -0.4 is 0 Å². The lowest BCUT2D eigenvalue weighted by atomic mass is 10.2. The highest BCUT2D eigenvalue weighted by Gasteiger charge is 2.12. The van der Waals surface area contributed by atoms with E-state index in [9.17, 15) is 0 Å². The fraction of sp³-hybridized carbons (Fsp3) is 0.0556. The van der Waals surface area contributed by atoms with Crippen molar-refractivity contribution in [3.63, 3.8) is 0 Å². The van der Waals surface area contributed by atoms with E-state index >= 15 is 0 Å². The van der Waals surface area contributed by atoms with Crippen molar-refractivity contribution >= 4 is 34.5 Å². The van der Waals surface area contributed by atoms with Crippen molar-refractivity contribution in [2.45, 2.75) is 6.42 Å². The highest BCUT2D eigenvalue weighted by molar-refractivity contribution is 7.13. The van der Waals surface area contributed by atoms with Gasteiger partial charge in [-0.05, 0) is 36.4 Å². The van der Waals surface area contributed by atoms with E-state index in [0.29, 0.717) is 28.2 Å². The van der Waals surface area contributed by atoms with Crippen molar-refractivity contribution in [2.75, 3.05) is 0 Å². The summed E-state index contributed by atoms with van der Waals surface area (Å²) in [5.74, 6) is 0.991. The van der Waals surface area contributed by atoms with E-state index in [0.717, 1.165) is 21.8 Å². The Hall–Kier alpha value is -2.21. The van der Waals surface area contributed by atoms with Crippen LogP contribution in [0.15, 0.2) is 58.3 Å². The van der Waals surface area contributed by atoms with Gasteiger partial charge < -0.3 is 4.42 Å². The lowest BCUT2D eigenvalue weighted by Crippen LogP contribution is -1.88. The van der Waals surface area contributed by atoms with E-state index in [1.54, 1.807) is 23.5 Å². The van der Waals surface area contributed by atoms with Crippen LogP contribution in [-0.4, -0.2) is 15.2 Å². The molecule has 0 aliphatic rings. The van der Waals surface area contributed by atoms with Crippen molar-refractivity contribution in [3.05, 3.63) is 75.5 Å². The molecule has 0 fully saturated rings. The van der Waals surface area contributed by atoms with E-state index < -0.39 is 0 Å². The van der Waals surface area contributed by atoms with Crippen LogP contribution in [0.3, 0.4) is 0 Å². The molecule has 0 N–H and O–H groups in total. The van der Waals surface area contributed by atoms with Gasteiger partial charge in [-0.25, -0.2) is 4.98 Å². The maximum atomic E-state index is 6.04. The van der Waals surface area contributed by atoms with Crippen LogP contribution in [0.5, 0.6) is 0 Å². The summed E-state index contributed by atoms with van der Waals surface area (Å²) in [5.41, 5.74) is 2.71. The molecule has 7 heteroatoms. The Kier molecular flexibility index (Phi) is 4.53. The van der Waals surface area contributed by atoms with Crippen LogP contribution in [0.1, 0.15) is 11.6 Å². The zero-order chi connectivity index (χ0) is 17.2. The van der Waals surface area contributed by atoms with E-state index in [1.165, 1.54) is 0 Å². The third kappa shape index (κ3) is 3.74. The van der Waals surface area contributed by atoms with Gasteiger partial charge >= 0.3 is 0 Å². The smallest absolute Gasteiger partial charge is 0.247 e. The van der Waals surface area contributed by atoms with Crippen molar-refractivity contribution in [1.29, 1.82) is 0 Å². The first kappa shape index (κ1) is 16.3. The SMILES string of the molecule is Clc1ccc(-c2nnc(Cc3csc(-c4cccc(Cl)c4)n3)o2)cc1. The molecule has 0 saturated carbocycles. The fourth-order valence-corrected chi connectivity index (χ4v) is 3.46. The molecular formula is C18H11Cl2N3OS. The first-order valence-corrected chi connectivity index (χ1v) is 9.09. The Balaban J connectivity index is 1.52. The molecule has 0 saturated heterocycles. The number of hydrogen-bond donors (Lipinski definition) is 0. The maximum Gasteiger partial charge on any atom is 0.247 e. The molecule has 0 unspecified atom stereocenters. The van der Waals surface area contributed by atoms with Gasteiger partial charge in [0.15, 0.2) is 0 Å². The lowest BCUT2D eigenvalue weighted by Gasteiger charge is -1.96. The van der Waals surface area contributed by atoms with Crippen molar-refractivity contribution < 1.29 is 4.42 Å². The van der Waals surface area contributed by atoms with Gasteiger partial charge in [0.25, 0.3) is 0 Å². The summed E-state index contributed by atoms with van der Waals surface area (Å²) in [6, 6.07) is 14.9. The Bertz CT molecular complexity index is 1010. The summed E-state index contributed by atoms with van der Waals surface area (Å²) in [5, 5.41) is 12.4. The normalized spacial score (nSPS) is 11.0. The Morgan fingerprint density at radius 2 is 1.76 bits per heavy atom. The number of rotatable bonds is 4. The average molecular weight is 388 g/mol. The molecular weight excluding hydrogens is 377 g/mol. The summed E-state index contributed by atoms with van der Waals surface area (Å²) < 4.78 is 5.73. The second kappa shape index (κ2) is 6.96. The van der Waals surface area contributed by atoms with Crippen molar-refractivity contribution in [3.8, 4) is 22.0 Å². The molecule has 0 bridgehead atoms. The molecule has 4 rings (SSSR count). The molecule has 4 nitrogen and oxygen atoms in total. The first-order chi connectivity index (χ1) is 12.2. The van der Waals surface area contributed by atoms with Crippen LogP contribution in [0.2, 0.25) is 10.0 Å². The third-order valence-electron chi connectivity index (χ3n) is 3.51. The zero-order valence-electron chi connectivity index (χ0n) is 12.8. The quantitative estimate of drug-likeness (QED) is 0.446. The summed E-state index contributed by atoms with van der Waals surface area (Å²) in [6.07, 6.45) is 0.484. The second-order valence-corrected chi connectivity index (χ2v) is 7.07. The van der Waals surface area contributed by atoms with E-state index in [1.807, 2.05) is 41.8 Å². The molecule has 25 heavy (non-hydrogen) atoms. The summed E-state index contributed by atoms with van der Waals surface area (Å²) in [7, 11) is 0.